The maximum Gasteiger partial charge on any atom is 0.246 e. The van der Waals surface area contributed by atoms with Gasteiger partial charge in [0.25, 0.3) is 0 Å². The number of amides is 1. The number of piperazine rings is 1. The predicted octanol–water partition coefficient (Wildman–Crippen LogP) is 0.248. The van der Waals surface area contributed by atoms with E-state index >= 15 is 0 Å². The molecule has 1 N–H and O–H groups in total. The molecule has 1 aromatic heterocycles. The molecule has 9 nitrogen and oxygen atoms in total. The van der Waals surface area contributed by atoms with E-state index in [4.69, 9.17) is 0 Å². The number of aliphatic imine (C=N–C) groups is 1. The number of anilines is 1. The summed E-state index contributed by atoms with van der Waals surface area (Å²) in [7, 11) is -1.42. The Morgan fingerprint density at radius 3 is 2.56 bits per heavy atom. The molecule has 0 bridgehead atoms. The van der Waals surface area contributed by atoms with Crippen LogP contribution in [-0.2, 0) is 21.7 Å². The number of guanidine groups is 1. The first-order valence-electron chi connectivity index (χ1n) is 9.09. The van der Waals surface area contributed by atoms with Crippen molar-refractivity contribution in [3.63, 3.8) is 0 Å². The molecule has 0 unspecified atom stereocenters. The summed E-state index contributed by atoms with van der Waals surface area (Å²) < 4.78 is 25.4. The van der Waals surface area contributed by atoms with Crippen molar-refractivity contribution in [2.45, 2.75) is 32.4 Å². The van der Waals surface area contributed by atoms with Gasteiger partial charge in [-0.15, -0.1) is 0 Å². The number of hydrogen-bond donors (Lipinski definition) is 1. The van der Waals surface area contributed by atoms with E-state index in [1.807, 2.05) is 25.1 Å². The summed E-state index contributed by atoms with van der Waals surface area (Å²) in [5.41, 5.74) is 0.778. The molecule has 27 heavy (non-hydrogen) atoms. The van der Waals surface area contributed by atoms with Crippen LogP contribution >= 0.6 is 0 Å². The number of aromatic nitrogens is 2. The molecule has 0 aromatic carbocycles. The predicted molar refractivity (Wildman–Crippen MR) is 107 cm³/mol. The normalized spacial score (nSPS) is 16.8. The average Bonchev–Trinajstić information content (AvgIpc) is 2.99. The highest BCUT2D eigenvalue weighted by atomic mass is 32.2. The van der Waals surface area contributed by atoms with Crippen LogP contribution in [0.4, 0.5) is 5.69 Å². The number of rotatable bonds is 5. The second kappa shape index (κ2) is 8.28. The molecule has 0 spiro atoms. The average molecular weight is 399 g/mol. The quantitative estimate of drug-likeness (QED) is 0.564. The van der Waals surface area contributed by atoms with Crippen molar-refractivity contribution in [1.82, 2.24) is 20.0 Å². The lowest BCUT2D eigenvalue weighted by molar-refractivity contribution is -0.120. The van der Waals surface area contributed by atoms with E-state index in [0.29, 0.717) is 25.6 Å². The van der Waals surface area contributed by atoms with Crippen LogP contribution in [0.3, 0.4) is 0 Å². The van der Waals surface area contributed by atoms with Gasteiger partial charge in [-0.05, 0) is 27.7 Å². The topological polar surface area (TPSA) is 99.9 Å². The van der Waals surface area contributed by atoms with E-state index in [-0.39, 0.29) is 24.7 Å². The maximum atomic E-state index is 12.6. The smallest absolute Gasteiger partial charge is 0.246 e. The Morgan fingerprint density at radius 1 is 1.33 bits per heavy atom. The SMILES string of the molecule is CCNC(=NCCS(=O)(=O)C(C)(C)C)N1CCN(c2cnn(C)c2)C(=O)C1. The van der Waals surface area contributed by atoms with Crippen LogP contribution in [0.25, 0.3) is 0 Å². The van der Waals surface area contributed by atoms with Crippen molar-refractivity contribution in [1.29, 1.82) is 0 Å². The lowest BCUT2D eigenvalue weighted by atomic mass is 10.3. The lowest BCUT2D eigenvalue weighted by Gasteiger charge is -2.35. The zero-order chi connectivity index (χ0) is 20.2. The van der Waals surface area contributed by atoms with Crippen molar-refractivity contribution >= 4 is 27.4 Å². The third-order valence-electron chi connectivity index (χ3n) is 4.41. The fourth-order valence-corrected chi connectivity index (χ4v) is 3.62. The number of carbonyl (C=O) groups is 1. The third-order valence-corrected chi connectivity index (χ3v) is 7.00. The third kappa shape index (κ3) is 5.21. The number of aryl methyl sites for hydroxylation is 1. The summed E-state index contributed by atoms with van der Waals surface area (Å²) in [5.74, 6) is 0.512. The van der Waals surface area contributed by atoms with Crippen molar-refractivity contribution in [3.05, 3.63) is 12.4 Å². The minimum Gasteiger partial charge on any atom is -0.357 e. The summed E-state index contributed by atoms with van der Waals surface area (Å²) in [5, 5.41) is 7.26. The van der Waals surface area contributed by atoms with E-state index in [1.54, 1.807) is 36.5 Å². The summed E-state index contributed by atoms with van der Waals surface area (Å²) in [6.07, 6.45) is 3.48. The van der Waals surface area contributed by atoms with Crippen LogP contribution < -0.4 is 10.2 Å². The van der Waals surface area contributed by atoms with E-state index in [0.717, 1.165) is 5.69 Å². The Bertz CT molecular complexity index is 794. The molecule has 1 amide bonds. The molecule has 2 rings (SSSR count). The Labute approximate surface area is 161 Å². The fourth-order valence-electron chi connectivity index (χ4n) is 2.68. The second-order valence-electron chi connectivity index (χ2n) is 7.51. The van der Waals surface area contributed by atoms with Gasteiger partial charge < -0.3 is 15.1 Å². The number of nitrogens with one attached hydrogen (secondary N) is 1. The number of hydrogen-bond acceptors (Lipinski definition) is 5. The van der Waals surface area contributed by atoms with Gasteiger partial charge in [0, 0.05) is 32.9 Å². The molecule has 1 saturated heterocycles. The van der Waals surface area contributed by atoms with Crippen LogP contribution in [0.15, 0.2) is 17.4 Å². The number of carbonyl (C=O) groups excluding carboxylic acids is 1. The van der Waals surface area contributed by atoms with Crippen molar-refractivity contribution in [2.75, 3.05) is 43.4 Å². The van der Waals surface area contributed by atoms with E-state index in [2.05, 4.69) is 15.4 Å². The zero-order valence-corrected chi connectivity index (χ0v) is 17.6. The summed E-state index contributed by atoms with van der Waals surface area (Å²) in [4.78, 5) is 20.6. The monoisotopic (exact) mass is 398 g/mol. The van der Waals surface area contributed by atoms with E-state index in [1.165, 1.54) is 0 Å². The largest absolute Gasteiger partial charge is 0.357 e. The molecular weight excluding hydrogens is 368 g/mol. The van der Waals surface area contributed by atoms with Gasteiger partial charge in [0.15, 0.2) is 15.8 Å². The first-order valence-corrected chi connectivity index (χ1v) is 10.7. The Balaban J connectivity index is 2.04. The highest BCUT2D eigenvalue weighted by Gasteiger charge is 2.29. The Kier molecular flexibility index (Phi) is 6.50. The van der Waals surface area contributed by atoms with Gasteiger partial charge in [0.1, 0.15) is 6.54 Å². The minimum absolute atomic E-state index is 0.0189. The number of sulfone groups is 1. The van der Waals surface area contributed by atoms with Gasteiger partial charge in [-0.25, -0.2) is 8.42 Å². The maximum absolute atomic E-state index is 12.6. The molecule has 1 aliphatic heterocycles. The van der Waals surface area contributed by atoms with Crippen molar-refractivity contribution in [3.8, 4) is 0 Å². The van der Waals surface area contributed by atoms with E-state index < -0.39 is 14.6 Å². The van der Waals surface area contributed by atoms with Crippen molar-refractivity contribution < 1.29 is 13.2 Å². The molecule has 1 aromatic rings. The van der Waals surface area contributed by atoms with E-state index in [9.17, 15) is 13.2 Å². The molecule has 0 aliphatic carbocycles. The summed E-state index contributed by atoms with van der Waals surface area (Å²) in [6, 6.07) is 0. The standard InChI is InChI=1S/C17H30N6O3S/c1-6-18-16(19-7-10-27(25,26)17(2,3)4)22-8-9-23(15(24)13-22)14-11-20-21(5)12-14/h11-12H,6-10,13H2,1-5H3,(H,18,19). The van der Waals surface area contributed by atoms with Crippen LogP contribution in [0.2, 0.25) is 0 Å². The molecule has 0 radical (unpaired) electrons. The molecule has 1 aliphatic rings. The van der Waals surface area contributed by atoms with Gasteiger partial charge in [0.05, 0.1) is 28.9 Å². The van der Waals surface area contributed by atoms with Gasteiger partial charge in [-0.1, -0.05) is 0 Å². The molecular formula is C17H30N6O3S. The van der Waals surface area contributed by atoms with Crippen LogP contribution in [0.5, 0.6) is 0 Å². The number of nitrogens with zero attached hydrogens (tertiary/aromatic N) is 5. The summed E-state index contributed by atoms with van der Waals surface area (Å²) >= 11 is 0. The summed E-state index contributed by atoms with van der Waals surface area (Å²) in [6.45, 7) is 9.13. The van der Waals surface area contributed by atoms with Crippen molar-refractivity contribution in [2.24, 2.45) is 12.0 Å². The van der Waals surface area contributed by atoms with Gasteiger partial charge in [0.2, 0.25) is 5.91 Å². The molecule has 10 heteroatoms. The fraction of sp³-hybridized carbons (Fsp3) is 0.706. The molecule has 2 heterocycles. The van der Waals surface area contributed by atoms with Gasteiger partial charge in [-0.2, -0.15) is 5.10 Å². The molecule has 0 atom stereocenters. The Morgan fingerprint density at radius 2 is 2.04 bits per heavy atom. The highest BCUT2D eigenvalue weighted by Crippen LogP contribution is 2.17. The molecule has 0 saturated carbocycles. The highest BCUT2D eigenvalue weighted by molar-refractivity contribution is 7.92. The van der Waals surface area contributed by atoms with Gasteiger partial charge >= 0.3 is 0 Å². The van der Waals surface area contributed by atoms with Crippen LogP contribution in [-0.4, -0.2) is 78.2 Å². The second-order valence-corrected chi connectivity index (χ2v) is 10.4. The lowest BCUT2D eigenvalue weighted by Crippen LogP contribution is -2.55. The molecule has 1 fully saturated rings. The first kappa shape index (κ1) is 21.2. The minimum atomic E-state index is -3.23. The molecule has 152 valence electrons. The first-order chi connectivity index (χ1) is 12.5. The Hall–Kier alpha value is -2.10. The van der Waals surface area contributed by atoms with Crippen LogP contribution in [0, 0.1) is 0 Å². The van der Waals surface area contributed by atoms with Gasteiger partial charge in [-0.3, -0.25) is 14.5 Å². The van der Waals surface area contributed by atoms with Crippen LogP contribution in [0.1, 0.15) is 27.7 Å². The zero-order valence-electron chi connectivity index (χ0n) is 16.8.